The number of carbonyl (C=O) groups excluding carboxylic acids is 3. The molecule has 0 spiro atoms. The summed E-state index contributed by atoms with van der Waals surface area (Å²) >= 11 is 0. The van der Waals surface area contributed by atoms with Crippen LogP contribution in [-0.2, 0) is 23.3 Å². The van der Waals surface area contributed by atoms with E-state index in [0.717, 1.165) is 26.9 Å². The van der Waals surface area contributed by atoms with Crippen LogP contribution in [0, 0.1) is 5.82 Å². The lowest BCUT2D eigenvalue weighted by Gasteiger charge is -2.35. The van der Waals surface area contributed by atoms with Crippen molar-refractivity contribution in [2.24, 2.45) is 0 Å². The van der Waals surface area contributed by atoms with Gasteiger partial charge in [0.25, 0.3) is 11.8 Å². The molecule has 2 aliphatic heterocycles. The number of aromatic nitrogens is 1. The summed E-state index contributed by atoms with van der Waals surface area (Å²) in [6.45, 7) is 2.27. The number of carbonyl (C=O) groups is 3. The molecule has 4 aromatic rings. The molecule has 0 aliphatic carbocycles. The Morgan fingerprint density at radius 2 is 1.87 bits per heavy atom. The molecule has 192 valence electrons. The molecular weight excluding hydrogens is 487 g/mol. The topological polar surface area (TPSA) is 94.7 Å². The number of aromatic amines is 1. The molecule has 0 radical (unpaired) electrons. The SMILES string of the molecule is COc1ccc2[nH]c3c(c2c1)CCN1C(=O)N(c2ccccc2C(=O)NCc2ccc(F)cc2)C(=O)C31C. The Morgan fingerprint density at radius 1 is 1.11 bits per heavy atom. The Kier molecular flexibility index (Phi) is 5.45. The van der Waals surface area contributed by atoms with E-state index in [-0.39, 0.29) is 23.6 Å². The molecule has 1 saturated heterocycles. The molecule has 4 amide bonds. The lowest BCUT2D eigenvalue weighted by molar-refractivity contribution is -0.125. The quantitative estimate of drug-likeness (QED) is 0.386. The Labute approximate surface area is 218 Å². The lowest BCUT2D eigenvalue weighted by atomic mass is 9.87. The van der Waals surface area contributed by atoms with Crippen molar-refractivity contribution in [3.63, 3.8) is 0 Å². The van der Waals surface area contributed by atoms with Crippen LogP contribution in [0.4, 0.5) is 14.9 Å². The number of imide groups is 1. The van der Waals surface area contributed by atoms with Gasteiger partial charge in [0, 0.05) is 24.0 Å². The van der Waals surface area contributed by atoms with Gasteiger partial charge in [-0.15, -0.1) is 0 Å². The molecule has 8 nitrogen and oxygen atoms in total. The second-order valence-electron chi connectivity index (χ2n) is 9.61. The number of amides is 4. The molecule has 1 aromatic heterocycles. The fourth-order valence-electron chi connectivity index (χ4n) is 5.50. The van der Waals surface area contributed by atoms with Gasteiger partial charge in [0.2, 0.25) is 0 Å². The number of nitrogens with one attached hydrogen (secondary N) is 2. The summed E-state index contributed by atoms with van der Waals surface area (Å²) in [5.41, 5.74) is 2.39. The number of methoxy groups -OCH3 is 1. The van der Waals surface area contributed by atoms with Crippen LogP contribution in [0.25, 0.3) is 10.9 Å². The molecule has 1 atom stereocenters. The van der Waals surface area contributed by atoms with E-state index in [1.807, 2.05) is 18.2 Å². The smallest absolute Gasteiger partial charge is 0.332 e. The molecule has 0 saturated carbocycles. The van der Waals surface area contributed by atoms with Gasteiger partial charge in [0.15, 0.2) is 5.54 Å². The minimum absolute atomic E-state index is 0.168. The summed E-state index contributed by atoms with van der Waals surface area (Å²) in [4.78, 5) is 47.0. The van der Waals surface area contributed by atoms with Crippen molar-refractivity contribution in [1.82, 2.24) is 15.2 Å². The average molecular weight is 513 g/mol. The molecule has 38 heavy (non-hydrogen) atoms. The van der Waals surface area contributed by atoms with Crippen LogP contribution in [0.3, 0.4) is 0 Å². The largest absolute Gasteiger partial charge is 0.497 e. The lowest BCUT2D eigenvalue weighted by Crippen LogP contribution is -2.49. The standard InChI is InChI=1S/C29H25FN4O4/c1-29-25-20(22-15-19(38-2)11-12-23(22)32-25)13-14-33(29)28(37)34(27(29)36)24-6-4-3-5-21(24)26(35)31-16-17-7-9-18(30)10-8-17/h3-12,15,32H,13-14,16H2,1-2H3,(H,31,35). The fraction of sp³-hybridized carbons (Fsp3) is 0.207. The first-order valence-electron chi connectivity index (χ1n) is 12.3. The maximum atomic E-state index is 14.1. The number of benzene rings is 3. The number of halogens is 1. The number of fused-ring (bicyclic) bond motifs is 5. The van der Waals surface area contributed by atoms with E-state index >= 15 is 0 Å². The molecular formula is C29H25FN4O4. The van der Waals surface area contributed by atoms with Gasteiger partial charge in [-0.1, -0.05) is 24.3 Å². The van der Waals surface area contributed by atoms with Gasteiger partial charge in [0.05, 0.1) is 24.1 Å². The summed E-state index contributed by atoms with van der Waals surface area (Å²) in [6, 6.07) is 17.6. The minimum atomic E-state index is -1.26. The third-order valence-electron chi connectivity index (χ3n) is 7.52. The van der Waals surface area contributed by atoms with Crippen molar-refractivity contribution in [3.05, 3.63) is 94.9 Å². The zero-order valence-electron chi connectivity index (χ0n) is 20.9. The van der Waals surface area contributed by atoms with Crippen molar-refractivity contribution >= 4 is 34.4 Å². The number of H-pyrrole nitrogens is 1. The molecule has 6 rings (SSSR count). The molecule has 9 heteroatoms. The highest BCUT2D eigenvalue weighted by Gasteiger charge is 2.59. The Bertz CT molecular complexity index is 1610. The van der Waals surface area contributed by atoms with Gasteiger partial charge in [-0.05, 0) is 66.9 Å². The average Bonchev–Trinajstić information content (AvgIpc) is 3.40. The summed E-state index contributed by atoms with van der Waals surface area (Å²) in [6.07, 6.45) is 0.574. The van der Waals surface area contributed by atoms with Gasteiger partial charge in [-0.25, -0.2) is 14.1 Å². The number of nitrogens with zero attached hydrogens (tertiary/aromatic N) is 2. The maximum absolute atomic E-state index is 14.1. The first-order valence-corrected chi connectivity index (χ1v) is 12.3. The van der Waals surface area contributed by atoms with Crippen LogP contribution in [0.1, 0.15) is 34.1 Å². The third-order valence-corrected chi connectivity index (χ3v) is 7.52. The monoisotopic (exact) mass is 512 g/mol. The van der Waals surface area contributed by atoms with E-state index in [0.29, 0.717) is 24.4 Å². The molecule has 1 unspecified atom stereocenters. The maximum Gasteiger partial charge on any atom is 0.332 e. The molecule has 1 fully saturated rings. The van der Waals surface area contributed by atoms with Gasteiger partial charge in [-0.3, -0.25) is 9.59 Å². The van der Waals surface area contributed by atoms with Crippen molar-refractivity contribution < 1.29 is 23.5 Å². The minimum Gasteiger partial charge on any atom is -0.497 e. The number of urea groups is 1. The normalized spacial score (nSPS) is 18.5. The highest BCUT2D eigenvalue weighted by Crippen LogP contribution is 2.46. The van der Waals surface area contributed by atoms with Gasteiger partial charge in [-0.2, -0.15) is 0 Å². The van der Waals surface area contributed by atoms with Crippen molar-refractivity contribution in [2.45, 2.75) is 25.4 Å². The highest BCUT2D eigenvalue weighted by atomic mass is 19.1. The summed E-state index contributed by atoms with van der Waals surface area (Å²) in [5, 5.41) is 3.76. The number of para-hydroxylation sites is 1. The first kappa shape index (κ1) is 23.7. The predicted octanol–water partition coefficient (Wildman–Crippen LogP) is 4.49. The number of hydrogen-bond acceptors (Lipinski definition) is 4. The van der Waals surface area contributed by atoms with Crippen LogP contribution in [0.15, 0.2) is 66.7 Å². The van der Waals surface area contributed by atoms with Crippen LogP contribution in [0.5, 0.6) is 5.75 Å². The van der Waals surface area contributed by atoms with Gasteiger partial charge in [0.1, 0.15) is 11.6 Å². The van der Waals surface area contributed by atoms with Crippen LogP contribution < -0.4 is 15.0 Å². The second-order valence-corrected chi connectivity index (χ2v) is 9.61. The van der Waals surface area contributed by atoms with Crippen molar-refractivity contribution in [2.75, 3.05) is 18.6 Å². The number of rotatable bonds is 5. The number of ether oxygens (including phenoxy) is 1. The van der Waals surface area contributed by atoms with Crippen LogP contribution in [0.2, 0.25) is 0 Å². The van der Waals surface area contributed by atoms with Gasteiger partial charge < -0.3 is 19.9 Å². The van der Waals surface area contributed by atoms with Gasteiger partial charge >= 0.3 is 6.03 Å². The van der Waals surface area contributed by atoms with E-state index in [9.17, 15) is 18.8 Å². The Hall–Kier alpha value is -4.66. The van der Waals surface area contributed by atoms with E-state index in [4.69, 9.17) is 4.74 Å². The third kappa shape index (κ3) is 3.46. The fourth-order valence-corrected chi connectivity index (χ4v) is 5.50. The summed E-state index contributed by atoms with van der Waals surface area (Å²) in [5.74, 6) is -0.527. The second kappa shape index (κ2) is 8.72. The van der Waals surface area contributed by atoms with Crippen LogP contribution >= 0.6 is 0 Å². The van der Waals surface area contributed by atoms with E-state index in [1.54, 1.807) is 55.3 Å². The molecule has 2 N–H and O–H groups in total. The Balaban J connectivity index is 1.36. The molecule has 2 aliphatic rings. The predicted molar refractivity (Wildman–Crippen MR) is 140 cm³/mol. The highest BCUT2D eigenvalue weighted by molar-refractivity contribution is 6.25. The Morgan fingerprint density at radius 3 is 2.63 bits per heavy atom. The first-order chi connectivity index (χ1) is 18.3. The molecule has 0 bridgehead atoms. The van der Waals surface area contributed by atoms with E-state index in [2.05, 4.69) is 10.3 Å². The molecule has 3 aromatic carbocycles. The number of hydrogen-bond donors (Lipinski definition) is 2. The zero-order valence-corrected chi connectivity index (χ0v) is 20.9. The van der Waals surface area contributed by atoms with Crippen molar-refractivity contribution in [1.29, 1.82) is 0 Å². The van der Waals surface area contributed by atoms with E-state index < -0.39 is 23.4 Å². The number of anilines is 1. The van der Waals surface area contributed by atoms with Crippen LogP contribution in [-0.4, -0.2) is 41.4 Å². The summed E-state index contributed by atoms with van der Waals surface area (Å²) < 4.78 is 18.6. The van der Waals surface area contributed by atoms with Crippen molar-refractivity contribution in [3.8, 4) is 5.75 Å². The van der Waals surface area contributed by atoms with E-state index in [1.165, 1.54) is 12.1 Å². The zero-order chi connectivity index (χ0) is 26.6. The summed E-state index contributed by atoms with van der Waals surface area (Å²) in [7, 11) is 1.60. The molecule has 3 heterocycles.